The minimum Gasteiger partial charge on any atom is -0.469 e. The van der Waals surface area contributed by atoms with Gasteiger partial charge in [0.25, 0.3) is 5.91 Å². The Morgan fingerprint density at radius 3 is 2.59 bits per heavy atom. The first-order valence-electron chi connectivity index (χ1n) is 9.73. The highest BCUT2D eigenvalue weighted by Crippen LogP contribution is 2.27. The van der Waals surface area contributed by atoms with Gasteiger partial charge in [-0.05, 0) is 36.4 Å². The van der Waals surface area contributed by atoms with Gasteiger partial charge < -0.3 is 10.1 Å². The molecule has 29 heavy (non-hydrogen) atoms. The number of amides is 1. The minimum atomic E-state index is -0.171. The van der Waals surface area contributed by atoms with Gasteiger partial charge >= 0.3 is 5.97 Å². The van der Waals surface area contributed by atoms with Gasteiger partial charge in [0, 0.05) is 19.2 Å². The Kier molecular flexibility index (Phi) is 7.58. The number of para-hydroxylation sites is 1. The van der Waals surface area contributed by atoms with Crippen LogP contribution in [0.2, 0.25) is 0 Å². The van der Waals surface area contributed by atoms with Gasteiger partial charge in [-0.3, -0.25) is 9.59 Å². The van der Waals surface area contributed by atoms with Gasteiger partial charge in [0.2, 0.25) is 0 Å². The molecular formula is C22H25N3O3S. The van der Waals surface area contributed by atoms with Crippen LogP contribution in [0.5, 0.6) is 0 Å². The summed E-state index contributed by atoms with van der Waals surface area (Å²) in [4.78, 5) is 24.9. The number of rotatable bonds is 10. The van der Waals surface area contributed by atoms with Gasteiger partial charge in [0.1, 0.15) is 5.69 Å². The van der Waals surface area contributed by atoms with E-state index in [0.717, 1.165) is 36.2 Å². The van der Waals surface area contributed by atoms with Crippen LogP contribution in [0.15, 0.2) is 54.0 Å². The van der Waals surface area contributed by atoms with Gasteiger partial charge in [-0.15, -0.1) is 11.3 Å². The van der Waals surface area contributed by atoms with Crippen molar-refractivity contribution in [3.8, 4) is 16.3 Å². The van der Waals surface area contributed by atoms with Crippen LogP contribution in [0.4, 0.5) is 0 Å². The van der Waals surface area contributed by atoms with Gasteiger partial charge in [-0.1, -0.05) is 37.1 Å². The maximum absolute atomic E-state index is 12.8. The molecule has 1 N–H and O–H groups in total. The number of benzene rings is 1. The fourth-order valence-corrected chi connectivity index (χ4v) is 3.72. The number of carbonyl (C=O) groups is 2. The van der Waals surface area contributed by atoms with Crippen molar-refractivity contribution in [1.29, 1.82) is 0 Å². The zero-order valence-electron chi connectivity index (χ0n) is 16.5. The number of nitrogens with one attached hydrogen (secondary N) is 1. The van der Waals surface area contributed by atoms with E-state index in [9.17, 15) is 9.59 Å². The number of esters is 1. The monoisotopic (exact) mass is 411 g/mol. The molecule has 3 aromatic rings. The van der Waals surface area contributed by atoms with E-state index in [1.807, 2.05) is 47.8 Å². The van der Waals surface area contributed by atoms with Crippen LogP contribution in [0.1, 0.15) is 42.5 Å². The second-order valence-electron chi connectivity index (χ2n) is 6.65. The molecule has 3 rings (SSSR count). The molecule has 2 aromatic heterocycles. The molecule has 0 saturated carbocycles. The van der Waals surface area contributed by atoms with E-state index in [4.69, 9.17) is 0 Å². The fourth-order valence-electron chi connectivity index (χ4n) is 3.00. The molecule has 0 aliphatic rings. The number of aromatic nitrogens is 2. The van der Waals surface area contributed by atoms with Crippen molar-refractivity contribution < 1.29 is 14.3 Å². The average Bonchev–Trinajstić information content (AvgIpc) is 3.43. The third kappa shape index (κ3) is 5.77. The fraction of sp³-hybridized carbons (Fsp3) is 0.318. The van der Waals surface area contributed by atoms with Crippen LogP contribution >= 0.6 is 11.3 Å². The first kappa shape index (κ1) is 20.8. The summed E-state index contributed by atoms with van der Waals surface area (Å²) < 4.78 is 6.38. The molecule has 0 spiro atoms. The van der Waals surface area contributed by atoms with Crippen molar-refractivity contribution in [2.75, 3.05) is 13.7 Å². The van der Waals surface area contributed by atoms with E-state index in [2.05, 4.69) is 15.2 Å². The molecule has 0 atom stereocenters. The summed E-state index contributed by atoms with van der Waals surface area (Å²) in [5, 5.41) is 9.64. The van der Waals surface area contributed by atoms with Crippen molar-refractivity contribution in [2.45, 2.75) is 32.1 Å². The van der Waals surface area contributed by atoms with Crippen molar-refractivity contribution >= 4 is 23.2 Å². The van der Waals surface area contributed by atoms with Gasteiger partial charge in [0.15, 0.2) is 0 Å². The number of nitrogens with zero attached hydrogens (tertiary/aromatic N) is 2. The zero-order valence-corrected chi connectivity index (χ0v) is 17.3. The minimum absolute atomic E-state index is 0.120. The topological polar surface area (TPSA) is 73.2 Å². The first-order valence-corrected chi connectivity index (χ1v) is 10.6. The molecule has 0 bridgehead atoms. The molecule has 152 valence electrons. The molecule has 1 aromatic carbocycles. The van der Waals surface area contributed by atoms with Crippen LogP contribution in [0.3, 0.4) is 0 Å². The summed E-state index contributed by atoms with van der Waals surface area (Å²) >= 11 is 1.56. The van der Waals surface area contributed by atoms with Crippen molar-refractivity contribution in [2.24, 2.45) is 0 Å². The first-order chi connectivity index (χ1) is 14.2. The molecule has 2 heterocycles. The van der Waals surface area contributed by atoms with E-state index in [0.29, 0.717) is 24.2 Å². The number of hydrogen-bond acceptors (Lipinski definition) is 5. The Labute approximate surface area is 174 Å². The lowest BCUT2D eigenvalue weighted by molar-refractivity contribution is -0.140. The second-order valence-corrected chi connectivity index (χ2v) is 7.59. The van der Waals surface area contributed by atoms with E-state index in [1.54, 1.807) is 22.2 Å². The van der Waals surface area contributed by atoms with Gasteiger partial charge in [0.05, 0.1) is 23.2 Å². The molecule has 0 saturated heterocycles. The smallest absolute Gasteiger partial charge is 0.305 e. The zero-order chi connectivity index (χ0) is 20.5. The van der Waals surface area contributed by atoms with Crippen molar-refractivity contribution in [3.05, 3.63) is 59.6 Å². The van der Waals surface area contributed by atoms with Crippen LogP contribution in [0.25, 0.3) is 16.3 Å². The standard InChI is InChI=1S/C22H25N3O3S/c1-28-20(26)13-7-2-3-8-14-23-22(27)18-16-25(17-10-5-4-6-11-17)24-21(18)19-12-9-15-29-19/h4-6,9-12,15-16H,2-3,7-8,13-14H2,1H3,(H,23,27). The average molecular weight is 412 g/mol. The van der Waals surface area contributed by atoms with Crippen molar-refractivity contribution in [3.63, 3.8) is 0 Å². The summed E-state index contributed by atoms with van der Waals surface area (Å²) in [5.41, 5.74) is 2.18. The summed E-state index contributed by atoms with van der Waals surface area (Å²) in [5.74, 6) is -0.292. The number of methoxy groups -OCH3 is 1. The predicted molar refractivity (Wildman–Crippen MR) is 114 cm³/mol. The Morgan fingerprint density at radius 1 is 1.07 bits per heavy atom. The Morgan fingerprint density at radius 2 is 1.86 bits per heavy atom. The Hall–Kier alpha value is -2.93. The quantitative estimate of drug-likeness (QED) is 0.395. The van der Waals surface area contributed by atoms with E-state index in [-0.39, 0.29) is 11.9 Å². The SMILES string of the molecule is COC(=O)CCCCCCNC(=O)c1cn(-c2ccccc2)nc1-c1cccs1. The Bertz CT molecular complexity index is 920. The van der Waals surface area contributed by atoms with Crippen LogP contribution < -0.4 is 5.32 Å². The third-order valence-corrected chi connectivity index (χ3v) is 5.43. The maximum atomic E-state index is 12.8. The number of unbranched alkanes of at least 4 members (excludes halogenated alkanes) is 3. The molecule has 0 aliphatic heterocycles. The molecule has 0 radical (unpaired) electrons. The summed E-state index contributed by atoms with van der Waals surface area (Å²) in [6.07, 6.45) is 5.82. The lowest BCUT2D eigenvalue weighted by atomic mass is 10.1. The lowest BCUT2D eigenvalue weighted by Gasteiger charge is -2.05. The molecule has 0 aliphatic carbocycles. The largest absolute Gasteiger partial charge is 0.469 e. The molecular weight excluding hydrogens is 386 g/mol. The highest BCUT2D eigenvalue weighted by Gasteiger charge is 2.19. The number of carbonyl (C=O) groups excluding carboxylic acids is 2. The molecule has 0 unspecified atom stereocenters. The van der Waals surface area contributed by atoms with Crippen LogP contribution in [-0.2, 0) is 9.53 Å². The molecule has 7 heteroatoms. The molecule has 6 nitrogen and oxygen atoms in total. The van der Waals surface area contributed by atoms with Gasteiger partial charge in [-0.2, -0.15) is 5.10 Å². The summed E-state index contributed by atoms with van der Waals surface area (Å²) in [6.45, 7) is 0.595. The normalized spacial score (nSPS) is 10.7. The number of thiophene rings is 1. The number of hydrogen-bond donors (Lipinski definition) is 1. The summed E-state index contributed by atoms with van der Waals surface area (Å²) in [6, 6.07) is 13.7. The highest BCUT2D eigenvalue weighted by molar-refractivity contribution is 7.13. The lowest BCUT2D eigenvalue weighted by Crippen LogP contribution is -2.24. The van der Waals surface area contributed by atoms with Crippen molar-refractivity contribution in [1.82, 2.24) is 15.1 Å². The third-order valence-electron chi connectivity index (χ3n) is 4.56. The van der Waals surface area contributed by atoms with Gasteiger partial charge in [-0.25, -0.2) is 4.68 Å². The predicted octanol–water partition coefficient (Wildman–Crippen LogP) is 4.45. The van der Waals surface area contributed by atoms with E-state index >= 15 is 0 Å². The van der Waals surface area contributed by atoms with E-state index < -0.39 is 0 Å². The summed E-state index contributed by atoms with van der Waals surface area (Å²) in [7, 11) is 1.41. The molecule has 0 fully saturated rings. The van der Waals surface area contributed by atoms with Crippen LogP contribution in [-0.4, -0.2) is 35.3 Å². The highest BCUT2D eigenvalue weighted by atomic mass is 32.1. The Balaban J connectivity index is 1.59. The maximum Gasteiger partial charge on any atom is 0.305 e. The number of ether oxygens (including phenoxy) is 1. The molecule has 1 amide bonds. The second kappa shape index (κ2) is 10.6. The van der Waals surface area contributed by atoms with Crippen LogP contribution in [0, 0.1) is 0 Å². The van der Waals surface area contributed by atoms with E-state index in [1.165, 1.54) is 7.11 Å².